The van der Waals surface area contributed by atoms with Gasteiger partial charge in [0.15, 0.2) is 0 Å². The van der Waals surface area contributed by atoms with Gasteiger partial charge in [0.2, 0.25) is 5.91 Å². The minimum absolute atomic E-state index is 0.151. The summed E-state index contributed by atoms with van der Waals surface area (Å²) >= 11 is 0. The van der Waals surface area contributed by atoms with Crippen molar-refractivity contribution in [2.45, 2.75) is 32.1 Å². The lowest BCUT2D eigenvalue weighted by molar-refractivity contribution is -0.118. The molecule has 156 valence electrons. The lowest BCUT2D eigenvalue weighted by atomic mass is 10.00. The van der Waals surface area contributed by atoms with Crippen LogP contribution in [0.1, 0.15) is 30.4 Å². The largest absolute Gasteiger partial charge is 0.353 e. The smallest absolute Gasteiger partial charge is 0.226 e. The average molecular weight is 413 g/mol. The number of hydrogen-bond acceptors (Lipinski definition) is 2. The molecule has 2 aromatic heterocycles. The maximum atomic E-state index is 14.0. The number of nitrogens with zero attached hydrogens (tertiary/aromatic N) is 2. The molecule has 0 saturated carbocycles. The van der Waals surface area contributed by atoms with Crippen molar-refractivity contribution in [3.63, 3.8) is 0 Å². The van der Waals surface area contributed by atoms with E-state index in [1.807, 2.05) is 41.3 Å². The van der Waals surface area contributed by atoms with Crippen LogP contribution in [0.2, 0.25) is 0 Å². The van der Waals surface area contributed by atoms with E-state index in [2.05, 4.69) is 16.0 Å². The number of fused-ring (bicyclic) bond motifs is 2. The van der Waals surface area contributed by atoms with Gasteiger partial charge in [-0.2, -0.15) is 0 Å². The number of aromatic nitrogens is 2. The van der Waals surface area contributed by atoms with Crippen LogP contribution in [0.5, 0.6) is 0 Å². The monoisotopic (exact) mass is 413 g/mol. The lowest BCUT2D eigenvalue weighted by Gasteiger charge is -2.29. The van der Waals surface area contributed by atoms with Crippen molar-refractivity contribution in [1.82, 2.24) is 9.97 Å². The van der Waals surface area contributed by atoms with Gasteiger partial charge in [0.1, 0.15) is 5.82 Å². The lowest BCUT2D eigenvalue weighted by Crippen LogP contribution is -2.35. The van der Waals surface area contributed by atoms with Gasteiger partial charge < -0.3 is 9.88 Å². The molecule has 0 aliphatic carbocycles. The van der Waals surface area contributed by atoms with Crippen LogP contribution < -0.4 is 4.90 Å². The van der Waals surface area contributed by atoms with E-state index in [9.17, 15) is 9.18 Å². The molecule has 1 aliphatic rings. The van der Waals surface area contributed by atoms with Gasteiger partial charge in [-0.3, -0.25) is 9.78 Å². The third kappa shape index (κ3) is 3.83. The Bertz CT molecular complexity index is 1230. The second-order valence-corrected chi connectivity index (χ2v) is 8.01. The van der Waals surface area contributed by atoms with Gasteiger partial charge in [0, 0.05) is 35.8 Å². The van der Waals surface area contributed by atoms with Crippen LogP contribution in [-0.2, 0) is 17.6 Å². The molecule has 1 amide bonds. The van der Waals surface area contributed by atoms with Crippen molar-refractivity contribution in [2.24, 2.45) is 0 Å². The Kier molecular flexibility index (Phi) is 5.24. The first kappa shape index (κ1) is 19.5. The van der Waals surface area contributed by atoms with E-state index in [1.54, 1.807) is 18.3 Å². The minimum Gasteiger partial charge on any atom is -0.353 e. The Labute approximate surface area is 180 Å². The van der Waals surface area contributed by atoms with Gasteiger partial charge in [0.05, 0.1) is 11.4 Å². The van der Waals surface area contributed by atoms with Gasteiger partial charge in [0.25, 0.3) is 0 Å². The molecule has 4 nitrogen and oxygen atoms in total. The summed E-state index contributed by atoms with van der Waals surface area (Å²) in [5.74, 6) is -0.112. The molecule has 0 bridgehead atoms. The molecule has 0 saturated heterocycles. The fourth-order valence-electron chi connectivity index (χ4n) is 4.55. The second kappa shape index (κ2) is 8.34. The maximum absolute atomic E-state index is 14.0. The van der Waals surface area contributed by atoms with Gasteiger partial charge in [-0.1, -0.05) is 24.3 Å². The van der Waals surface area contributed by atoms with Gasteiger partial charge in [-0.05, 0) is 73.2 Å². The highest BCUT2D eigenvalue weighted by molar-refractivity contribution is 5.95. The standard InChI is InChI=1S/C26H24FN3O/c27-19-13-14-22-21(17-19)20(26(29-22)23-10-3-4-15-28-23)9-5-12-25(31)30-16-6-8-18-7-1-2-11-24(18)30/h1-4,7,10-11,13-15,17,29H,5-6,8-9,12,16H2. The summed E-state index contributed by atoms with van der Waals surface area (Å²) in [4.78, 5) is 22.8. The molecule has 2 aromatic carbocycles. The summed E-state index contributed by atoms with van der Waals surface area (Å²) in [5, 5.41) is 0.858. The predicted molar refractivity (Wildman–Crippen MR) is 122 cm³/mol. The number of aryl methyl sites for hydroxylation is 2. The first-order chi connectivity index (χ1) is 15.2. The predicted octanol–water partition coefficient (Wildman–Crippen LogP) is 5.67. The van der Waals surface area contributed by atoms with E-state index in [0.29, 0.717) is 19.3 Å². The Balaban J connectivity index is 1.38. The zero-order valence-corrected chi connectivity index (χ0v) is 17.3. The highest BCUT2D eigenvalue weighted by Crippen LogP contribution is 2.32. The van der Waals surface area contributed by atoms with Crippen LogP contribution in [0, 0.1) is 5.82 Å². The van der Waals surface area contributed by atoms with E-state index in [4.69, 9.17) is 0 Å². The van der Waals surface area contributed by atoms with Crippen LogP contribution in [0.15, 0.2) is 66.9 Å². The van der Waals surface area contributed by atoms with Crippen LogP contribution in [0.25, 0.3) is 22.3 Å². The molecule has 0 spiro atoms. The number of rotatable bonds is 5. The molecule has 0 radical (unpaired) electrons. The van der Waals surface area contributed by atoms with E-state index in [-0.39, 0.29) is 11.7 Å². The van der Waals surface area contributed by atoms with Crippen LogP contribution in [0.4, 0.5) is 10.1 Å². The minimum atomic E-state index is -0.263. The van der Waals surface area contributed by atoms with Crippen molar-refractivity contribution in [1.29, 1.82) is 0 Å². The first-order valence-corrected chi connectivity index (χ1v) is 10.8. The molecule has 5 heteroatoms. The van der Waals surface area contributed by atoms with Crippen molar-refractivity contribution < 1.29 is 9.18 Å². The Hall–Kier alpha value is -3.47. The highest BCUT2D eigenvalue weighted by Gasteiger charge is 2.22. The summed E-state index contributed by atoms with van der Waals surface area (Å²) in [7, 11) is 0. The quantitative estimate of drug-likeness (QED) is 0.458. The molecule has 4 aromatic rings. The number of pyridine rings is 1. The van der Waals surface area contributed by atoms with E-state index < -0.39 is 0 Å². The summed E-state index contributed by atoms with van der Waals surface area (Å²) in [6.07, 6.45) is 5.60. The first-order valence-electron chi connectivity index (χ1n) is 10.8. The molecule has 5 rings (SSSR count). The normalized spacial score (nSPS) is 13.4. The molecule has 1 N–H and O–H groups in total. The van der Waals surface area contributed by atoms with Crippen molar-refractivity contribution in [3.8, 4) is 11.4 Å². The number of anilines is 1. The van der Waals surface area contributed by atoms with Crippen molar-refractivity contribution >= 4 is 22.5 Å². The van der Waals surface area contributed by atoms with Crippen LogP contribution >= 0.6 is 0 Å². The van der Waals surface area contributed by atoms with Crippen molar-refractivity contribution in [2.75, 3.05) is 11.4 Å². The average Bonchev–Trinajstić information content (AvgIpc) is 3.17. The molecule has 0 atom stereocenters. The number of para-hydroxylation sites is 1. The molecular formula is C26H24FN3O. The van der Waals surface area contributed by atoms with Gasteiger partial charge in [-0.25, -0.2) is 4.39 Å². The third-order valence-electron chi connectivity index (χ3n) is 6.02. The molecular weight excluding hydrogens is 389 g/mol. The number of hydrogen-bond donors (Lipinski definition) is 1. The Morgan fingerprint density at radius 2 is 1.97 bits per heavy atom. The summed E-state index contributed by atoms with van der Waals surface area (Å²) < 4.78 is 14.0. The van der Waals surface area contributed by atoms with Crippen LogP contribution in [0.3, 0.4) is 0 Å². The maximum Gasteiger partial charge on any atom is 0.226 e. The van der Waals surface area contributed by atoms with E-state index >= 15 is 0 Å². The summed E-state index contributed by atoms with van der Waals surface area (Å²) in [6.45, 7) is 0.771. The number of benzene rings is 2. The number of aromatic amines is 1. The topological polar surface area (TPSA) is 49.0 Å². The molecule has 3 heterocycles. The third-order valence-corrected chi connectivity index (χ3v) is 6.02. The zero-order valence-electron chi connectivity index (χ0n) is 17.3. The summed E-state index contributed by atoms with van der Waals surface area (Å²) in [5.41, 5.74) is 5.91. The fraction of sp³-hybridized carbons (Fsp3) is 0.231. The molecule has 0 unspecified atom stereocenters. The number of carbonyl (C=O) groups excluding carboxylic acids is 1. The van der Waals surface area contributed by atoms with Crippen molar-refractivity contribution in [3.05, 3.63) is 83.8 Å². The summed E-state index contributed by atoms with van der Waals surface area (Å²) in [6, 6.07) is 18.7. The Morgan fingerprint density at radius 1 is 1.10 bits per heavy atom. The van der Waals surface area contributed by atoms with E-state index in [0.717, 1.165) is 52.9 Å². The SMILES string of the molecule is O=C(CCCc1c(-c2ccccn2)[nH]c2ccc(F)cc12)N1CCCc2ccccc21. The number of amides is 1. The van der Waals surface area contributed by atoms with Gasteiger partial charge >= 0.3 is 0 Å². The number of H-pyrrole nitrogens is 1. The number of halogens is 1. The number of carbonyl (C=O) groups is 1. The Morgan fingerprint density at radius 3 is 2.84 bits per heavy atom. The van der Waals surface area contributed by atoms with Gasteiger partial charge in [-0.15, -0.1) is 0 Å². The zero-order chi connectivity index (χ0) is 21.2. The fourth-order valence-corrected chi connectivity index (χ4v) is 4.55. The second-order valence-electron chi connectivity index (χ2n) is 8.01. The molecule has 31 heavy (non-hydrogen) atoms. The number of nitrogens with one attached hydrogen (secondary N) is 1. The van der Waals surface area contributed by atoms with E-state index in [1.165, 1.54) is 11.6 Å². The molecule has 1 aliphatic heterocycles. The highest BCUT2D eigenvalue weighted by atomic mass is 19.1. The molecule has 0 fully saturated rings. The van der Waals surface area contributed by atoms with Crippen LogP contribution in [-0.4, -0.2) is 22.4 Å².